The van der Waals surface area contributed by atoms with E-state index in [1.165, 1.54) is 10.9 Å². The van der Waals surface area contributed by atoms with Crippen molar-refractivity contribution in [1.29, 1.82) is 0 Å². The van der Waals surface area contributed by atoms with Gasteiger partial charge in [0.2, 0.25) is 5.91 Å². The molecule has 0 radical (unpaired) electrons. The van der Waals surface area contributed by atoms with Gasteiger partial charge >= 0.3 is 0 Å². The number of carbonyl (C=O) groups excluding carboxylic acids is 1. The number of fused-ring (bicyclic) bond motifs is 1. The van der Waals surface area contributed by atoms with Crippen LogP contribution in [-0.4, -0.2) is 35.4 Å². The Bertz CT molecular complexity index is 1050. The molecule has 0 unspecified atom stereocenters. The molecule has 1 aliphatic heterocycles. The Morgan fingerprint density at radius 1 is 1.25 bits per heavy atom. The Labute approximate surface area is 192 Å². The first kappa shape index (κ1) is 22.4. The summed E-state index contributed by atoms with van der Waals surface area (Å²) in [5.74, 6) is 0.531. The minimum absolute atomic E-state index is 0.0342. The van der Waals surface area contributed by atoms with E-state index in [4.69, 9.17) is 4.74 Å². The van der Waals surface area contributed by atoms with Gasteiger partial charge in [0.15, 0.2) is 0 Å². The van der Waals surface area contributed by atoms with E-state index in [0.29, 0.717) is 38.2 Å². The third-order valence-electron chi connectivity index (χ3n) is 5.71. The average molecular weight is 454 g/mol. The molecule has 7 heteroatoms. The van der Waals surface area contributed by atoms with Crippen molar-refractivity contribution >= 4 is 17.2 Å². The highest BCUT2D eigenvalue weighted by Crippen LogP contribution is 2.32. The van der Waals surface area contributed by atoms with E-state index >= 15 is 0 Å². The SMILES string of the molecule is Cc1ncsc1CCCNC(=O)CCN1Cc2ccccc2O[C@H](c2ccccc2F)C1. The maximum absolute atomic E-state index is 14.5. The van der Waals surface area contributed by atoms with Gasteiger partial charge < -0.3 is 10.1 Å². The first-order valence-corrected chi connectivity index (χ1v) is 11.8. The predicted octanol–water partition coefficient (Wildman–Crippen LogP) is 4.67. The van der Waals surface area contributed by atoms with Gasteiger partial charge in [-0.05, 0) is 31.9 Å². The van der Waals surface area contributed by atoms with Crippen LogP contribution in [0.1, 0.15) is 40.6 Å². The molecule has 2 heterocycles. The van der Waals surface area contributed by atoms with Crippen molar-refractivity contribution in [2.45, 2.75) is 38.8 Å². The summed E-state index contributed by atoms with van der Waals surface area (Å²) in [6.07, 6.45) is 1.80. The van der Waals surface area contributed by atoms with Crippen molar-refractivity contribution in [2.75, 3.05) is 19.6 Å². The zero-order valence-electron chi connectivity index (χ0n) is 18.2. The quantitative estimate of drug-likeness (QED) is 0.504. The first-order valence-electron chi connectivity index (χ1n) is 11.0. The summed E-state index contributed by atoms with van der Waals surface area (Å²) in [5, 5.41) is 3.02. The Hall–Kier alpha value is -2.77. The van der Waals surface area contributed by atoms with Crippen LogP contribution in [0.2, 0.25) is 0 Å². The van der Waals surface area contributed by atoms with E-state index in [-0.39, 0.29) is 11.7 Å². The van der Waals surface area contributed by atoms with E-state index in [0.717, 1.165) is 29.8 Å². The zero-order valence-corrected chi connectivity index (χ0v) is 19.0. The van der Waals surface area contributed by atoms with E-state index in [1.807, 2.05) is 42.8 Å². The molecule has 1 amide bonds. The molecule has 4 rings (SSSR count). The number of aryl methyl sites for hydroxylation is 2. The van der Waals surface area contributed by atoms with Crippen molar-refractivity contribution in [3.8, 4) is 5.75 Å². The molecule has 32 heavy (non-hydrogen) atoms. The molecule has 168 valence electrons. The molecular weight excluding hydrogens is 425 g/mol. The van der Waals surface area contributed by atoms with Crippen molar-refractivity contribution in [3.63, 3.8) is 0 Å². The highest BCUT2D eigenvalue weighted by molar-refractivity contribution is 7.09. The van der Waals surface area contributed by atoms with E-state index in [9.17, 15) is 9.18 Å². The number of hydrogen-bond acceptors (Lipinski definition) is 5. The minimum Gasteiger partial charge on any atom is -0.484 e. The number of para-hydroxylation sites is 1. The van der Waals surface area contributed by atoms with Crippen LogP contribution in [0.25, 0.3) is 0 Å². The van der Waals surface area contributed by atoms with Gasteiger partial charge in [-0.3, -0.25) is 9.69 Å². The van der Waals surface area contributed by atoms with Crippen LogP contribution < -0.4 is 10.1 Å². The smallest absolute Gasteiger partial charge is 0.221 e. The number of amides is 1. The van der Waals surface area contributed by atoms with Crippen LogP contribution in [0.4, 0.5) is 4.39 Å². The first-order chi connectivity index (χ1) is 15.6. The van der Waals surface area contributed by atoms with E-state index in [2.05, 4.69) is 15.2 Å². The summed E-state index contributed by atoms with van der Waals surface area (Å²) in [7, 11) is 0. The lowest BCUT2D eigenvalue weighted by Gasteiger charge is -2.24. The third-order valence-corrected chi connectivity index (χ3v) is 6.71. The van der Waals surface area contributed by atoms with Crippen LogP contribution in [-0.2, 0) is 17.8 Å². The minimum atomic E-state index is -0.425. The Morgan fingerprint density at radius 2 is 2.06 bits per heavy atom. The molecule has 1 atom stereocenters. The normalized spacial score (nSPS) is 16.1. The summed E-state index contributed by atoms with van der Waals surface area (Å²) in [6.45, 7) is 4.44. The van der Waals surface area contributed by atoms with Gasteiger partial charge in [0.05, 0.1) is 11.2 Å². The van der Waals surface area contributed by atoms with Crippen LogP contribution in [0.3, 0.4) is 0 Å². The summed E-state index contributed by atoms with van der Waals surface area (Å²) < 4.78 is 20.7. The number of thiazole rings is 1. The number of rotatable bonds is 8. The lowest BCUT2D eigenvalue weighted by Crippen LogP contribution is -2.33. The number of aromatic nitrogens is 1. The number of halogens is 1. The number of nitrogens with zero attached hydrogens (tertiary/aromatic N) is 2. The van der Waals surface area contributed by atoms with E-state index < -0.39 is 6.10 Å². The van der Waals surface area contributed by atoms with Gasteiger partial charge in [0, 0.05) is 48.6 Å². The van der Waals surface area contributed by atoms with Crippen LogP contribution in [0.5, 0.6) is 5.75 Å². The van der Waals surface area contributed by atoms with Gasteiger partial charge in [-0.25, -0.2) is 9.37 Å². The lowest BCUT2D eigenvalue weighted by molar-refractivity contribution is -0.121. The number of benzene rings is 2. The highest BCUT2D eigenvalue weighted by Gasteiger charge is 2.26. The second kappa shape index (κ2) is 10.7. The molecule has 0 saturated heterocycles. The Balaban J connectivity index is 1.33. The van der Waals surface area contributed by atoms with Gasteiger partial charge in [-0.1, -0.05) is 36.4 Å². The molecule has 5 nitrogen and oxygen atoms in total. The van der Waals surface area contributed by atoms with E-state index in [1.54, 1.807) is 23.5 Å². The molecule has 3 aromatic rings. The fourth-order valence-corrected chi connectivity index (χ4v) is 4.76. The fourth-order valence-electron chi connectivity index (χ4n) is 3.94. The Morgan fingerprint density at radius 3 is 2.88 bits per heavy atom. The lowest BCUT2D eigenvalue weighted by atomic mass is 10.1. The van der Waals surface area contributed by atoms with Gasteiger partial charge in [-0.15, -0.1) is 11.3 Å². The van der Waals surface area contributed by atoms with Gasteiger partial charge in [0.1, 0.15) is 17.7 Å². The van der Waals surface area contributed by atoms with Crippen LogP contribution in [0, 0.1) is 12.7 Å². The summed E-state index contributed by atoms with van der Waals surface area (Å²) in [4.78, 5) is 20.1. The second-order valence-electron chi connectivity index (χ2n) is 8.04. The second-order valence-corrected chi connectivity index (χ2v) is 8.97. The number of nitrogens with one attached hydrogen (secondary N) is 1. The average Bonchev–Trinajstić information content (AvgIpc) is 3.10. The molecule has 0 fully saturated rings. The zero-order chi connectivity index (χ0) is 22.3. The highest BCUT2D eigenvalue weighted by atomic mass is 32.1. The number of ether oxygens (including phenoxy) is 1. The molecular formula is C25H28FN3O2S. The number of hydrogen-bond donors (Lipinski definition) is 1. The monoisotopic (exact) mass is 453 g/mol. The summed E-state index contributed by atoms with van der Waals surface area (Å²) in [6, 6.07) is 14.6. The van der Waals surface area contributed by atoms with Crippen molar-refractivity contribution in [2.24, 2.45) is 0 Å². The van der Waals surface area contributed by atoms with Gasteiger partial charge in [0.25, 0.3) is 0 Å². The molecule has 1 aromatic heterocycles. The molecule has 0 aliphatic carbocycles. The number of carbonyl (C=O) groups is 1. The maximum atomic E-state index is 14.5. The van der Waals surface area contributed by atoms with Crippen LogP contribution >= 0.6 is 11.3 Å². The maximum Gasteiger partial charge on any atom is 0.221 e. The van der Waals surface area contributed by atoms with Gasteiger partial charge in [-0.2, -0.15) is 0 Å². The van der Waals surface area contributed by atoms with Crippen molar-refractivity contribution in [3.05, 3.63) is 81.6 Å². The molecule has 0 bridgehead atoms. The fraction of sp³-hybridized carbons (Fsp3) is 0.360. The topological polar surface area (TPSA) is 54.5 Å². The largest absolute Gasteiger partial charge is 0.484 e. The summed E-state index contributed by atoms with van der Waals surface area (Å²) in [5.41, 5.74) is 4.53. The molecule has 1 N–H and O–H groups in total. The predicted molar refractivity (Wildman–Crippen MR) is 124 cm³/mol. The molecule has 1 aliphatic rings. The van der Waals surface area contributed by atoms with Crippen molar-refractivity contribution in [1.82, 2.24) is 15.2 Å². The molecule has 0 saturated carbocycles. The summed E-state index contributed by atoms with van der Waals surface area (Å²) >= 11 is 1.66. The molecule has 0 spiro atoms. The van der Waals surface area contributed by atoms with Crippen molar-refractivity contribution < 1.29 is 13.9 Å². The van der Waals surface area contributed by atoms with Crippen LogP contribution in [0.15, 0.2) is 54.0 Å². The Kier molecular flexibility index (Phi) is 7.50. The molecule has 2 aromatic carbocycles. The third kappa shape index (κ3) is 5.72. The standard InChI is InChI=1S/C25H28FN3O2S/c1-18-24(32-17-28-18)11-6-13-27-25(30)12-14-29-15-19-7-2-5-10-22(19)31-23(16-29)20-8-3-4-9-21(20)26/h2-5,7-10,17,23H,6,11-16H2,1H3,(H,27,30)/t23-/m0/s1.